The number of Topliss-reactive ketones (excluding diaryl/α,β-unsaturated/α-hetero) is 2. The minimum atomic E-state index is -1.04. The molecular weight excluding hydrogens is 287 g/mol. The highest BCUT2D eigenvalue weighted by molar-refractivity contribution is 7.20. The van der Waals surface area contributed by atoms with E-state index in [4.69, 9.17) is 32.7 Å². The highest BCUT2D eigenvalue weighted by Crippen LogP contribution is 2.31. The van der Waals surface area contributed by atoms with Gasteiger partial charge in [0.15, 0.2) is 11.6 Å². The predicted octanol–water partition coefficient (Wildman–Crippen LogP) is 2.82. The highest BCUT2D eigenvalue weighted by Gasteiger charge is 2.23. The van der Waals surface area contributed by atoms with Crippen LogP contribution in [-0.4, -0.2) is 32.1 Å². The highest BCUT2D eigenvalue weighted by atomic mass is 35.5. The molecule has 94 valence electrons. The van der Waals surface area contributed by atoms with Gasteiger partial charge in [0.2, 0.25) is 6.29 Å². The lowest BCUT2D eigenvalue weighted by Crippen LogP contribution is -2.26. The largest absolute Gasteiger partial charge is 0.349 e. The molecule has 0 saturated heterocycles. The van der Waals surface area contributed by atoms with Crippen molar-refractivity contribution >= 4 is 46.1 Å². The van der Waals surface area contributed by atoms with Crippen molar-refractivity contribution in [3.8, 4) is 0 Å². The van der Waals surface area contributed by atoms with Crippen LogP contribution >= 0.6 is 34.5 Å². The molecule has 4 nitrogen and oxygen atoms in total. The predicted molar refractivity (Wildman–Crippen MR) is 66.1 cm³/mol. The number of ether oxygens (including phenoxy) is 2. The summed E-state index contributed by atoms with van der Waals surface area (Å²) in [6.07, 6.45) is -1.37. The number of methoxy groups -OCH3 is 2. The number of carbonyl (C=O) groups excluding carboxylic acids is 2. The Hall–Kier alpha value is -0.460. The SMILES string of the molecule is COC(OC)C(=O)CC(=O)c1cc(Cl)sc1Cl. The molecule has 1 heterocycles. The summed E-state index contributed by atoms with van der Waals surface area (Å²) in [6, 6.07) is 1.44. The van der Waals surface area contributed by atoms with Gasteiger partial charge in [0.05, 0.1) is 10.8 Å². The van der Waals surface area contributed by atoms with Crippen molar-refractivity contribution in [2.24, 2.45) is 0 Å². The van der Waals surface area contributed by atoms with Gasteiger partial charge in [-0.05, 0) is 6.07 Å². The minimum absolute atomic E-state index is 0.251. The third-order valence-corrected chi connectivity index (χ3v) is 3.47. The number of halogens is 2. The Kier molecular flexibility index (Phi) is 5.55. The molecule has 1 aromatic rings. The second-order valence-corrected chi connectivity index (χ2v) is 5.39. The molecule has 0 spiro atoms. The van der Waals surface area contributed by atoms with Gasteiger partial charge in [-0.2, -0.15) is 0 Å². The topological polar surface area (TPSA) is 52.6 Å². The molecule has 0 aliphatic rings. The summed E-state index contributed by atoms with van der Waals surface area (Å²) >= 11 is 12.6. The molecule has 0 amide bonds. The van der Waals surface area contributed by atoms with Crippen LogP contribution in [0.25, 0.3) is 0 Å². The standard InChI is InChI=1S/C10H10Cl2O4S/c1-15-10(16-2)7(14)4-6(13)5-3-8(11)17-9(5)12/h3,10H,4H2,1-2H3. The fourth-order valence-electron chi connectivity index (χ4n) is 1.23. The molecule has 0 radical (unpaired) electrons. The van der Waals surface area contributed by atoms with Crippen molar-refractivity contribution in [1.29, 1.82) is 0 Å². The van der Waals surface area contributed by atoms with Crippen molar-refractivity contribution in [2.45, 2.75) is 12.7 Å². The van der Waals surface area contributed by atoms with Gasteiger partial charge in [-0.25, -0.2) is 0 Å². The van der Waals surface area contributed by atoms with E-state index in [0.717, 1.165) is 11.3 Å². The molecule has 0 aliphatic carbocycles. The summed E-state index contributed by atoms with van der Waals surface area (Å²) < 4.78 is 10.2. The smallest absolute Gasteiger partial charge is 0.217 e. The molecule has 0 aromatic carbocycles. The lowest BCUT2D eigenvalue weighted by Gasteiger charge is -2.10. The molecule has 17 heavy (non-hydrogen) atoms. The van der Waals surface area contributed by atoms with Crippen LogP contribution in [0.5, 0.6) is 0 Å². The zero-order valence-corrected chi connectivity index (χ0v) is 11.5. The van der Waals surface area contributed by atoms with Gasteiger partial charge in [-0.3, -0.25) is 9.59 Å². The first-order valence-corrected chi connectivity index (χ1v) is 6.13. The minimum Gasteiger partial charge on any atom is -0.349 e. The Morgan fingerprint density at radius 3 is 2.35 bits per heavy atom. The van der Waals surface area contributed by atoms with Crippen LogP contribution in [0.2, 0.25) is 8.67 Å². The molecule has 0 unspecified atom stereocenters. The fraction of sp³-hybridized carbons (Fsp3) is 0.400. The Bertz CT molecular complexity index is 426. The summed E-state index contributed by atoms with van der Waals surface area (Å²) in [5.74, 6) is -0.861. The van der Waals surface area contributed by atoms with Gasteiger partial charge in [0, 0.05) is 19.8 Å². The third kappa shape index (κ3) is 3.76. The number of carbonyl (C=O) groups is 2. The van der Waals surface area contributed by atoms with E-state index < -0.39 is 17.9 Å². The number of hydrogen-bond acceptors (Lipinski definition) is 5. The van der Waals surface area contributed by atoms with Gasteiger partial charge in [0.1, 0.15) is 4.34 Å². The van der Waals surface area contributed by atoms with E-state index in [2.05, 4.69) is 0 Å². The lowest BCUT2D eigenvalue weighted by molar-refractivity contribution is -0.155. The van der Waals surface area contributed by atoms with E-state index in [9.17, 15) is 9.59 Å². The fourth-order valence-corrected chi connectivity index (χ4v) is 2.73. The number of ketones is 2. The van der Waals surface area contributed by atoms with E-state index in [-0.39, 0.29) is 16.3 Å². The van der Waals surface area contributed by atoms with Gasteiger partial charge < -0.3 is 9.47 Å². The van der Waals surface area contributed by atoms with E-state index in [1.807, 2.05) is 0 Å². The molecule has 1 aromatic heterocycles. The van der Waals surface area contributed by atoms with Crippen LogP contribution in [0.3, 0.4) is 0 Å². The van der Waals surface area contributed by atoms with E-state index in [1.54, 1.807) is 0 Å². The van der Waals surface area contributed by atoms with Gasteiger partial charge >= 0.3 is 0 Å². The lowest BCUT2D eigenvalue weighted by atomic mass is 10.1. The molecule has 0 aliphatic heterocycles. The number of thiophene rings is 1. The maximum Gasteiger partial charge on any atom is 0.217 e. The van der Waals surface area contributed by atoms with Crippen LogP contribution in [0, 0.1) is 0 Å². The average molecular weight is 297 g/mol. The third-order valence-electron chi connectivity index (χ3n) is 1.98. The first-order valence-electron chi connectivity index (χ1n) is 4.56. The summed E-state index contributed by atoms with van der Waals surface area (Å²) in [6.45, 7) is 0. The molecule has 0 bridgehead atoms. The van der Waals surface area contributed by atoms with Crippen molar-refractivity contribution in [2.75, 3.05) is 14.2 Å². The van der Waals surface area contributed by atoms with Gasteiger partial charge in [-0.15, -0.1) is 11.3 Å². The molecular formula is C10H10Cl2O4S. The quantitative estimate of drug-likeness (QED) is 0.460. The van der Waals surface area contributed by atoms with Gasteiger partial charge in [-0.1, -0.05) is 23.2 Å². The average Bonchev–Trinajstić information content (AvgIpc) is 2.59. The summed E-state index contributed by atoms with van der Waals surface area (Å²) in [5, 5.41) is 0. The van der Waals surface area contributed by atoms with Crippen molar-refractivity contribution in [3.05, 3.63) is 20.3 Å². The normalized spacial score (nSPS) is 10.9. The first-order chi connectivity index (χ1) is 7.99. The Morgan fingerprint density at radius 1 is 1.35 bits per heavy atom. The molecule has 0 N–H and O–H groups in total. The second kappa shape index (κ2) is 6.47. The maximum absolute atomic E-state index is 11.8. The molecule has 0 atom stereocenters. The van der Waals surface area contributed by atoms with E-state index in [1.165, 1.54) is 20.3 Å². The van der Waals surface area contributed by atoms with Crippen LogP contribution in [0.1, 0.15) is 16.8 Å². The zero-order chi connectivity index (χ0) is 13.0. The summed E-state index contributed by atoms with van der Waals surface area (Å²) in [5.41, 5.74) is 0.251. The zero-order valence-electron chi connectivity index (χ0n) is 9.16. The molecule has 1 rings (SSSR count). The monoisotopic (exact) mass is 296 g/mol. The Morgan fingerprint density at radius 2 is 1.94 bits per heavy atom. The summed E-state index contributed by atoms with van der Waals surface area (Å²) in [4.78, 5) is 23.3. The van der Waals surface area contributed by atoms with Crippen LogP contribution in [-0.2, 0) is 14.3 Å². The van der Waals surface area contributed by atoms with E-state index in [0.29, 0.717) is 4.34 Å². The Balaban J connectivity index is 2.73. The van der Waals surface area contributed by atoms with E-state index >= 15 is 0 Å². The van der Waals surface area contributed by atoms with Crippen LogP contribution in [0.4, 0.5) is 0 Å². The van der Waals surface area contributed by atoms with Crippen molar-refractivity contribution in [1.82, 2.24) is 0 Å². The maximum atomic E-state index is 11.8. The van der Waals surface area contributed by atoms with Crippen molar-refractivity contribution in [3.63, 3.8) is 0 Å². The summed E-state index contributed by atoms with van der Waals surface area (Å²) in [7, 11) is 2.65. The van der Waals surface area contributed by atoms with Crippen LogP contribution in [0.15, 0.2) is 6.07 Å². The number of rotatable bonds is 6. The molecule has 0 saturated carbocycles. The van der Waals surface area contributed by atoms with Crippen LogP contribution < -0.4 is 0 Å². The Labute approximate surface area is 112 Å². The molecule has 7 heteroatoms. The number of hydrogen-bond donors (Lipinski definition) is 0. The molecule has 0 fully saturated rings. The second-order valence-electron chi connectivity index (χ2n) is 3.11. The first kappa shape index (κ1) is 14.6. The van der Waals surface area contributed by atoms with Crippen molar-refractivity contribution < 1.29 is 19.1 Å². The van der Waals surface area contributed by atoms with Gasteiger partial charge in [0.25, 0.3) is 0 Å².